The predicted octanol–water partition coefficient (Wildman–Crippen LogP) is 1.71. The molecule has 4 atom stereocenters. The Bertz CT molecular complexity index is 1580. The number of phenolic OH excluding ortho intramolecular Hbond substituents is 1. The lowest BCUT2D eigenvalue weighted by molar-refractivity contribution is -0.153. The molecule has 0 spiro atoms. The molecule has 7 N–H and O–H groups in total. The minimum absolute atomic E-state index is 0.0231. The smallest absolute Gasteiger partial charge is 0.417 e. The van der Waals surface area contributed by atoms with Crippen LogP contribution in [0.3, 0.4) is 0 Å². The van der Waals surface area contributed by atoms with E-state index in [4.69, 9.17) is 10.5 Å². The summed E-state index contributed by atoms with van der Waals surface area (Å²) in [5, 5.41) is 47.1. The van der Waals surface area contributed by atoms with E-state index >= 15 is 0 Å². The van der Waals surface area contributed by atoms with Crippen molar-refractivity contribution in [3.8, 4) is 11.5 Å². The molecule has 0 aromatic heterocycles. The number of aromatic hydroxyl groups is 1. The van der Waals surface area contributed by atoms with Crippen molar-refractivity contribution in [2.75, 3.05) is 19.4 Å². The maximum Gasteiger partial charge on any atom is 0.417 e. The van der Waals surface area contributed by atoms with Crippen molar-refractivity contribution in [3.05, 3.63) is 70.2 Å². The number of primary amides is 1. The number of ether oxygens (including phenoxy) is 1. The number of nitrogens with two attached hydrogens (primary N) is 1. The van der Waals surface area contributed by atoms with Crippen LogP contribution >= 0.6 is 0 Å². The van der Waals surface area contributed by atoms with Crippen molar-refractivity contribution in [3.63, 3.8) is 0 Å². The summed E-state index contributed by atoms with van der Waals surface area (Å²) < 4.78 is 18.2. The summed E-state index contributed by atoms with van der Waals surface area (Å²) in [6, 6.07) is 6.30. The molecule has 12 nitrogen and oxygen atoms in total. The van der Waals surface area contributed by atoms with Crippen LogP contribution < -0.4 is 15.8 Å². The molecule has 5 rings (SSSR count). The van der Waals surface area contributed by atoms with Gasteiger partial charge in [-0.2, -0.15) is 0 Å². The fourth-order valence-corrected chi connectivity index (χ4v) is 6.06. The lowest BCUT2D eigenvalue weighted by Gasteiger charge is -2.50. The molecule has 0 aliphatic heterocycles. The number of rotatable bonds is 4. The maximum atomic E-state index is 13.8. The summed E-state index contributed by atoms with van der Waals surface area (Å²) in [4.78, 5) is 52.8. The number of likely N-dealkylation sites (N-methyl/N-ethyl adjacent to an activating group) is 1. The Morgan fingerprint density at radius 3 is 2.37 bits per heavy atom. The zero-order chi connectivity index (χ0) is 30.0. The molecule has 2 amide bonds. The maximum absolute atomic E-state index is 13.8. The van der Waals surface area contributed by atoms with Gasteiger partial charge in [-0.05, 0) is 68.8 Å². The Labute approximate surface area is 232 Å². The molecule has 41 heavy (non-hydrogen) atoms. The number of amides is 2. The Morgan fingerprint density at radius 2 is 1.76 bits per heavy atom. The lowest BCUT2D eigenvalue weighted by Crippen LogP contribution is -2.65. The highest BCUT2D eigenvalue weighted by Gasteiger charge is 2.64. The van der Waals surface area contributed by atoms with Gasteiger partial charge in [0.05, 0.1) is 17.3 Å². The number of anilines is 1. The summed E-state index contributed by atoms with van der Waals surface area (Å²) >= 11 is 0. The third-order valence-electron chi connectivity index (χ3n) is 7.85. The van der Waals surface area contributed by atoms with Gasteiger partial charge in [0.15, 0.2) is 11.4 Å². The van der Waals surface area contributed by atoms with Gasteiger partial charge in [-0.25, -0.2) is 9.18 Å². The van der Waals surface area contributed by atoms with Crippen LogP contribution in [-0.4, -0.2) is 74.6 Å². The van der Waals surface area contributed by atoms with Crippen LogP contribution in [0.2, 0.25) is 0 Å². The van der Waals surface area contributed by atoms with Gasteiger partial charge in [0.25, 0.3) is 5.91 Å². The average molecular weight is 568 g/mol. The van der Waals surface area contributed by atoms with Gasteiger partial charge in [0.2, 0.25) is 5.78 Å². The first-order chi connectivity index (χ1) is 19.3. The summed E-state index contributed by atoms with van der Waals surface area (Å²) in [6.07, 6.45) is -0.979. The third kappa shape index (κ3) is 4.21. The number of aliphatic hydroxyl groups excluding tert-OH is 2. The molecule has 1 saturated carbocycles. The Balaban J connectivity index is 1.55. The highest BCUT2D eigenvalue weighted by Crippen LogP contribution is 2.53. The minimum Gasteiger partial charge on any atom is -0.508 e. The van der Waals surface area contributed by atoms with E-state index < -0.39 is 75.7 Å². The molecule has 0 saturated heterocycles. The largest absolute Gasteiger partial charge is 0.508 e. The number of Topliss-reactive ketones (excluding diaryl/α,β-unsaturated/α-hetero) is 2. The van der Waals surface area contributed by atoms with E-state index in [9.17, 15) is 44.0 Å². The van der Waals surface area contributed by atoms with E-state index in [0.29, 0.717) is 5.56 Å². The molecule has 2 aromatic rings. The topological polar surface area (TPSA) is 200 Å². The van der Waals surface area contributed by atoms with Crippen LogP contribution in [0, 0.1) is 17.7 Å². The van der Waals surface area contributed by atoms with Crippen LogP contribution in [0.15, 0.2) is 53.3 Å². The molecule has 0 radical (unpaired) electrons. The first-order valence-corrected chi connectivity index (χ1v) is 12.5. The van der Waals surface area contributed by atoms with Crippen molar-refractivity contribution in [1.29, 1.82) is 0 Å². The zero-order valence-electron chi connectivity index (χ0n) is 21.8. The van der Waals surface area contributed by atoms with Crippen molar-refractivity contribution in [2.24, 2.45) is 17.6 Å². The number of phenols is 1. The molecule has 1 fully saturated rings. The molecule has 0 bridgehead atoms. The van der Waals surface area contributed by atoms with Crippen molar-refractivity contribution in [1.82, 2.24) is 4.90 Å². The molecule has 13 heteroatoms. The van der Waals surface area contributed by atoms with E-state index in [-0.39, 0.29) is 35.4 Å². The monoisotopic (exact) mass is 567 g/mol. The van der Waals surface area contributed by atoms with Crippen LogP contribution in [0.5, 0.6) is 11.5 Å². The fourth-order valence-electron chi connectivity index (χ4n) is 6.06. The number of carbonyl (C=O) groups is 4. The molecule has 3 aliphatic carbocycles. The number of nitrogens with zero attached hydrogens (tertiary/aromatic N) is 1. The van der Waals surface area contributed by atoms with E-state index in [1.54, 1.807) is 0 Å². The molecule has 3 aliphatic rings. The van der Waals surface area contributed by atoms with Crippen molar-refractivity contribution in [2.45, 2.75) is 24.5 Å². The van der Waals surface area contributed by atoms with Gasteiger partial charge in [-0.3, -0.25) is 24.6 Å². The molecule has 214 valence electrons. The van der Waals surface area contributed by atoms with Gasteiger partial charge in [-0.1, -0.05) is 6.07 Å². The summed E-state index contributed by atoms with van der Waals surface area (Å²) in [5.74, 6) is -8.21. The number of hydrogen-bond acceptors (Lipinski definition) is 10. The third-order valence-corrected chi connectivity index (χ3v) is 7.85. The van der Waals surface area contributed by atoms with Crippen molar-refractivity contribution < 1.29 is 48.7 Å². The van der Waals surface area contributed by atoms with Crippen LogP contribution in [0.1, 0.15) is 17.5 Å². The normalized spacial score (nSPS) is 25.4. The van der Waals surface area contributed by atoms with Gasteiger partial charge in [0.1, 0.15) is 34.4 Å². The molecular weight excluding hydrogens is 541 g/mol. The highest BCUT2D eigenvalue weighted by molar-refractivity contribution is 6.24. The second-order valence-electron chi connectivity index (χ2n) is 10.4. The second-order valence-corrected chi connectivity index (χ2v) is 10.4. The Kier molecular flexibility index (Phi) is 6.59. The van der Waals surface area contributed by atoms with E-state index in [0.717, 1.165) is 12.1 Å². The van der Waals surface area contributed by atoms with Crippen LogP contribution in [0.25, 0.3) is 5.76 Å². The quantitative estimate of drug-likeness (QED) is 0.233. The fraction of sp³-hybridized carbons (Fsp3) is 0.286. The van der Waals surface area contributed by atoms with Gasteiger partial charge >= 0.3 is 6.09 Å². The Morgan fingerprint density at radius 1 is 1.10 bits per heavy atom. The predicted molar refractivity (Wildman–Crippen MR) is 140 cm³/mol. The van der Waals surface area contributed by atoms with Crippen LogP contribution in [0.4, 0.5) is 14.9 Å². The number of fused-ring (bicyclic) bond motifs is 3. The minimum atomic E-state index is -2.75. The van der Waals surface area contributed by atoms with Gasteiger partial charge in [0, 0.05) is 11.5 Å². The number of carbonyl (C=O) groups excluding carboxylic acids is 4. The number of aliphatic hydroxyl groups is 3. The summed E-state index contributed by atoms with van der Waals surface area (Å²) in [6.45, 7) is 0. The average Bonchev–Trinajstić information content (AvgIpc) is 2.89. The number of hydrogen-bond donors (Lipinski definition) is 6. The van der Waals surface area contributed by atoms with Gasteiger partial charge < -0.3 is 30.9 Å². The Hall–Kier alpha value is -4.75. The number of ketones is 2. The summed E-state index contributed by atoms with van der Waals surface area (Å²) in [5.41, 5.74) is 1.37. The summed E-state index contributed by atoms with van der Waals surface area (Å²) in [7, 11) is 3.03. The number of benzene rings is 2. The van der Waals surface area contributed by atoms with Crippen LogP contribution in [-0.2, 0) is 20.8 Å². The number of nitrogens with one attached hydrogen (secondary N) is 1. The molecule has 4 unspecified atom stereocenters. The molecule has 0 heterocycles. The highest BCUT2D eigenvalue weighted by atomic mass is 19.1. The van der Waals surface area contributed by atoms with Gasteiger partial charge in [-0.15, -0.1) is 0 Å². The number of halogens is 1. The standard InChI is InChI=1S/C28H26FN3O9/c1-32(2)20-15-10-12-9-11-3-8-16(31-27(39)41-14-6-4-13(29)5-7-14)21(33)17(11)22(34)18(12)24(36)28(15,40)25(37)19(23(20)35)26(30)38/h3-8,12,15,20,33-34,37,40H,9-10H2,1-2H3,(H2,30,38)(H,31,39). The van der Waals surface area contributed by atoms with E-state index in [2.05, 4.69) is 5.32 Å². The van der Waals surface area contributed by atoms with Crippen molar-refractivity contribution >= 4 is 35.0 Å². The van der Waals surface area contributed by atoms with E-state index in [1.165, 1.54) is 43.3 Å². The second kappa shape index (κ2) is 9.71. The first kappa shape index (κ1) is 27.8. The molecule has 2 aromatic carbocycles. The van der Waals surface area contributed by atoms with E-state index in [1.807, 2.05) is 0 Å². The lowest BCUT2D eigenvalue weighted by atomic mass is 9.57. The SMILES string of the molecule is CN(C)C1C(=O)C(C(N)=O)=C(O)C2(O)C(=O)C3=C(O)c4c(ccc(NC(=O)Oc5ccc(F)cc5)c4O)CC3CC12. The molecular formula is C28H26FN3O9. The zero-order valence-corrected chi connectivity index (χ0v) is 21.8. The first-order valence-electron chi connectivity index (χ1n) is 12.5.